The highest BCUT2D eigenvalue weighted by atomic mass is 35.5. The van der Waals surface area contributed by atoms with Gasteiger partial charge in [0.2, 0.25) is 5.91 Å². The van der Waals surface area contributed by atoms with Crippen LogP contribution >= 0.6 is 11.6 Å². The molecule has 1 saturated carbocycles. The second kappa shape index (κ2) is 8.68. The summed E-state index contributed by atoms with van der Waals surface area (Å²) >= 11 is 6.17. The number of likely N-dealkylation sites (tertiary alicyclic amines) is 1. The molecular weight excluding hydrogens is 400 g/mol. The zero-order valence-electron chi connectivity index (χ0n) is 17.2. The molecule has 2 aromatic rings. The Labute approximate surface area is 182 Å². The molecule has 0 radical (unpaired) electrons. The van der Waals surface area contributed by atoms with Gasteiger partial charge < -0.3 is 15.0 Å². The molecule has 1 unspecified atom stereocenters. The fourth-order valence-electron chi connectivity index (χ4n) is 4.51. The predicted molar refractivity (Wildman–Crippen MR) is 117 cm³/mol. The highest BCUT2D eigenvalue weighted by molar-refractivity contribution is 6.33. The predicted octanol–water partition coefficient (Wildman–Crippen LogP) is 3.95. The zero-order valence-corrected chi connectivity index (χ0v) is 18.0. The van der Waals surface area contributed by atoms with Crippen molar-refractivity contribution >= 4 is 23.4 Å². The summed E-state index contributed by atoms with van der Waals surface area (Å²) in [5.41, 5.74) is 1.77. The number of carbonyl (C=O) groups is 2. The zero-order chi connectivity index (χ0) is 21.1. The van der Waals surface area contributed by atoms with E-state index in [1.165, 1.54) is 0 Å². The Morgan fingerprint density at radius 3 is 2.67 bits per heavy atom. The summed E-state index contributed by atoms with van der Waals surface area (Å²) in [6.45, 7) is 1.98. The summed E-state index contributed by atoms with van der Waals surface area (Å²) in [7, 11) is 1.65. The quantitative estimate of drug-likeness (QED) is 0.760. The molecule has 2 fully saturated rings. The van der Waals surface area contributed by atoms with Crippen molar-refractivity contribution in [3.63, 3.8) is 0 Å². The first-order valence-corrected chi connectivity index (χ1v) is 10.8. The lowest BCUT2D eigenvalue weighted by atomic mass is 9.90. The number of piperidine rings is 1. The minimum atomic E-state index is -0.0182. The third-order valence-corrected chi connectivity index (χ3v) is 6.83. The Kier molecular flexibility index (Phi) is 6.00. The molecule has 1 saturated heterocycles. The lowest BCUT2D eigenvalue weighted by molar-refractivity contribution is -0.123. The summed E-state index contributed by atoms with van der Waals surface area (Å²) in [5, 5.41) is 3.58. The number of ether oxygens (including phenoxy) is 1. The van der Waals surface area contributed by atoms with Gasteiger partial charge in [-0.3, -0.25) is 9.59 Å². The maximum atomic E-state index is 12.7. The molecular formula is C24H27ClN2O3. The molecule has 0 aromatic heterocycles. The fraction of sp³-hybridized carbons (Fsp3) is 0.417. The number of halogens is 1. The van der Waals surface area contributed by atoms with Gasteiger partial charge in [0.1, 0.15) is 5.75 Å². The highest BCUT2D eigenvalue weighted by Crippen LogP contribution is 2.59. The number of rotatable bonds is 6. The van der Waals surface area contributed by atoms with E-state index in [9.17, 15) is 9.59 Å². The van der Waals surface area contributed by atoms with E-state index in [0.29, 0.717) is 30.2 Å². The van der Waals surface area contributed by atoms with Crippen LogP contribution in [0, 0.1) is 11.3 Å². The van der Waals surface area contributed by atoms with Gasteiger partial charge in [0, 0.05) is 25.6 Å². The summed E-state index contributed by atoms with van der Waals surface area (Å²) in [6, 6.07) is 15.1. The SMILES string of the molecule is COc1cccc(CCNC(=O)C2CC23CCN(C(=O)c2ccccc2Cl)CC3)c1. The van der Waals surface area contributed by atoms with Crippen molar-refractivity contribution < 1.29 is 14.3 Å². The van der Waals surface area contributed by atoms with Crippen LogP contribution in [0.1, 0.15) is 35.2 Å². The van der Waals surface area contributed by atoms with Crippen molar-refractivity contribution in [3.05, 3.63) is 64.7 Å². The van der Waals surface area contributed by atoms with Crippen molar-refractivity contribution in [2.75, 3.05) is 26.7 Å². The molecule has 1 heterocycles. The molecule has 2 aliphatic rings. The van der Waals surface area contributed by atoms with E-state index < -0.39 is 0 Å². The third kappa shape index (κ3) is 4.31. The molecule has 1 atom stereocenters. The Hall–Kier alpha value is -2.53. The van der Waals surface area contributed by atoms with Crippen LogP contribution in [0.15, 0.2) is 48.5 Å². The number of benzene rings is 2. The normalized spacial score (nSPS) is 19.4. The monoisotopic (exact) mass is 426 g/mol. The second-order valence-corrected chi connectivity index (χ2v) is 8.69. The molecule has 1 aliphatic heterocycles. The van der Waals surface area contributed by atoms with Crippen molar-refractivity contribution in [2.45, 2.75) is 25.7 Å². The lowest BCUT2D eigenvalue weighted by Gasteiger charge is -2.33. The van der Waals surface area contributed by atoms with Gasteiger partial charge in [0.15, 0.2) is 0 Å². The van der Waals surface area contributed by atoms with Gasteiger partial charge in [-0.05, 0) is 60.9 Å². The van der Waals surface area contributed by atoms with E-state index in [0.717, 1.165) is 37.0 Å². The minimum Gasteiger partial charge on any atom is -0.497 e. The number of nitrogens with zero attached hydrogens (tertiary/aromatic N) is 1. The van der Waals surface area contributed by atoms with E-state index in [4.69, 9.17) is 16.3 Å². The van der Waals surface area contributed by atoms with Crippen molar-refractivity contribution in [2.24, 2.45) is 11.3 Å². The van der Waals surface area contributed by atoms with Gasteiger partial charge >= 0.3 is 0 Å². The number of nitrogens with one attached hydrogen (secondary N) is 1. The van der Waals surface area contributed by atoms with Gasteiger partial charge in [-0.2, -0.15) is 0 Å². The summed E-state index contributed by atoms with van der Waals surface area (Å²) < 4.78 is 5.24. The van der Waals surface area contributed by atoms with Gasteiger partial charge in [-0.1, -0.05) is 35.9 Å². The van der Waals surface area contributed by atoms with Crippen LogP contribution in [0.4, 0.5) is 0 Å². The number of methoxy groups -OCH3 is 1. The first-order valence-electron chi connectivity index (χ1n) is 10.5. The Morgan fingerprint density at radius 1 is 1.17 bits per heavy atom. The number of hydrogen-bond acceptors (Lipinski definition) is 3. The largest absolute Gasteiger partial charge is 0.497 e. The molecule has 5 nitrogen and oxygen atoms in total. The Balaban J connectivity index is 1.25. The summed E-state index contributed by atoms with van der Waals surface area (Å²) in [6.07, 6.45) is 3.45. The second-order valence-electron chi connectivity index (χ2n) is 8.28. The van der Waals surface area contributed by atoms with Crippen LogP contribution in [0.2, 0.25) is 5.02 Å². The molecule has 6 heteroatoms. The maximum absolute atomic E-state index is 12.7. The topological polar surface area (TPSA) is 58.6 Å². The van der Waals surface area contributed by atoms with E-state index in [1.807, 2.05) is 41.3 Å². The molecule has 2 aromatic carbocycles. The molecule has 30 heavy (non-hydrogen) atoms. The number of carbonyl (C=O) groups excluding carboxylic acids is 2. The Morgan fingerprint density at radius 2 is 1.93 bits per heavy atom. The van der Waals surface area contributed by atoms with Gasteiger partial charge in [0.05, 0.1) is 17.7 Å². The van der Waals surface area contributed by atoms with Crippen LogP contribution < -0.4 is 10.1 Å². The molecule has 158 valence electrons. The summed E-state index contributed by atoms with van der Waals surface area (Å²) in [5.74, 6) is 1.03. The highest BCUT2D eigenvalue weighted by Gasteiger charge is 2.58. The standard InChI is InChI=1S/C24H27ClN2O3/c1-30-18-6-4-5-17(15-18)9-12-26-22(28)20-16-24(20)10-13-27(14-11-24)23(29)19-7-2-3-8-21(19)25/h2-8,15,20H,9-14,16H2,1H3,(H,26,28). The van der Waals surface area contributed by atoms with Crippen LogP contribution in [-0.4, -0.2) is 43.5 Å². The minimum absolute atomic E-state index is 0.0182. The Bertz CT molecular complexity index is 938. The van der Waals surface area contributed by atoms with E-state index in [1.54, 1.807) is 19.2 Å². The molecule has 4 rings (SSSR count). The van der Waals surface area contributed by atoms with Gasteiger partial charge in [-0.25, -0.2) is 0 Å². The lowest BCUT2D eigenvalue weighted by Crippen LogP contribution is -2.40. The molecule has 1 N–H and O–H groups in total. The van der Waals surface area contributed by atoms with Gasteiger partial charge in [-0.15, -0.1) is 0 Å². The smallest absolute Gasteiger partial charge is 0.255 e. The van der Waals surface area contributed by atoms with E-state index in [2.05, 4.69) is 5.32 Å². The third-order valence-electron chi connectivity index (χ3n) is 6.50. The van der Waals surface area contributed by atoms with Crippen molar-refractivity contribution in [3.8, 4) is 5.75 Å². The molecule has 2 amide bonds. The maximum Gasteiger partial charge on any atom is 0.255 e. The molecule has 1 spiro atoms. The average Bonchev–Trinajstić information content (AvgIpc) is 3.47. The average molecular weight is 427 g/mol. The van der Waals surface area contributed by atoms with Crippen molar-refractivity contribution in [1.82, 2.24) is 10.2 Å². The van der Waals surface area contributed by atoms with E-state index in [-0.39, 0.29) is 23.1 Å². The van der Waals surface area contributed by atoms with Crippen LogP contribution in [0.25, 0.3) is 0 Å². The first kappa shape index (κ1) is 20.7. The summed E-state index contributed by atoms with van der Waals surface area (Å²) in [4.78, 5) is 27.2. The van der Waals surface area contributed by atoms with Crippen LogP contribution in [-0.2, 0) is 11.2 Å². The fourth-order valence-corrected chi connectivity index (χ4v) is 4.73. The molecule has 1 aliphatic carbocycles. The number of amides is 2. The molecule has 0 bridgehead atoms. The van der Waals surface area contributed by atoms with Crippen LogP contribution in [0.5, 0.6) is 5.75 Å². The first-order chi connectivity index (χ1) is 14.5. The van der Waals surface area contributed by atoms with Crippen molar-refractivity contribution in [1.29, 1.82) is 0 Å². The van der Waals surface area contributed by atoms with Crippen LogP contribution in [0.3, 0.4) is 0 Å². The number of hydrogen-bond donors (Lipinski definition) is 1. The van der Waals surface area contributed by atoms with E-state index >= 15 is 0 Å². The van der Waals surface area contributed by atoms with Gasteiger partial charge in [0.25, 0.3) is 5.91 Å².